The number of rotatable bonds is 4. The Kier molecular flexibility index (Phi) is 4.90. The minimum atomic E-state index is -0.524. The summed E-state index contributed by atoms with van der Waals surface area (Å²) in [6.07, 6.45) is 3.12. The number of fused-ring (bicyclic) bond motifs is 1. The fourth-order valence-corrected chi connectivity index (χ4v) is 3.08. The lowest BCUT2D eigenvalue weighted by Crippen LogP contribution is -2.38. The first-order chi connectivity index (χ1) is 13.9. The SMILES string of the molecule is CC1=CC2=NC(=O)/C(=C/c3ccc(OCc4ccc(F)cc4)c(Cl)c3)C(=N)N2O1. The van der Waals surface area contributed by atoms with Crippen LogP contribution in [0.5, 0.6) is 5.75 Å². The molecule has 2 aromatic rings. The molecule has 0 aromatic heterocycles. The molecule has 0 saturated heterocycles. The summed E-state index contributed by atoms with van der Waals surface area (Å²) < 4.78 is 18.6. The lowest BCUT2D eigenvalue weighted by molar-refractivity contribution is -0.114. The number of nitrogens with zero attached hydrogens (tertiary/aromatic N) is 2. The maximum absolute atomic E-state index is 13.0. The zero-order valence-corrected chi connectivity index (χ0v) is 16.0. The van der Waals surface area contributed by atoms with E-state index < -0.39 is 5.91 Å². The summed E-state index contributed by atoms with van der Waals surface area (Å²) in [5.74, 6) is 0.356. The molecule has 0 atom stereocenters. The molecule has 0 bridgehead atoms. The van der Waals surface area contributed by atoms with Crippen LogP contribution in [0, 0.1) is 11.2 Å². The summed E-state index contributed by atoms with van der Waals surface area (Å²) in [6, 6.07) is 11.0. The number of allylic oxidation sites excluding steroid dienone is 1. The Morgan fingerprint density at radius 3 is 2.76 bits per heavy atom. The molecule has 146 valence electrons. The lowest BCUT2D eigenvalue weighted by atomic mass is 10.1. The number of nitrogens with one attached hydrogen (secondary N) is 1. The number of amides is 1. The summed E-state index contributed by atoms with van der Waals surface area (Å²) in [7, 11) is 0. The van der Waals surface area contributed by atoms with E-state index in [4.69, 9.17) is 26.6 Å². The minimum absolute atomic E-state index is 0.0906. The Morgan fingerprint density at radius 2 is 2.03 bits per heavy atom. The Morgan fingerprint density at radius 1 is 1.28 bits per heavy atom. The number of carbonyl (C=O) groups excluding carboxylic acids is 1. The summed E-state index contributed by atoms with van der Waals surface area (Å²) in [4.78, 5) is 21.6. The first kappa shape index (κ1) is 18.9. The topological polar surface area (TPSA) is 75.0 Å². The van der Waals surface area contributed by atoms with Gasteiger partial charge in [0.25, 0.3) is 5.91 Å². The monoisotopic (exact) mass is 411 g/mol. The average Bonchev–Trinajstić information content (AvgIpc) is 3.06. The second kappa shape index (κ2) is 7.52. The molecule has 6 nitrogen and oxygen atoms in total. The van der Waals surface area contributed by atoms with E-state index in [-0.39, 0.29) is 29.7 Å². The standard InChI is InChI=1S/C21H15ClFN3O3/c1-12-8-19-25-21(27)16(20(24)26(19)29-12)9-14-4-7-18(17(22)10-14)28-11-13-2-5-15(23)6-3-13/h2-10,24H,11H2,1H3/b16-9+,24-20?. The van der Waals surface area contributed by atoms with Gasteiger partial charge < -0.3 is 9.57 Å². The molecule has 29 heavy (non-hydrogen) atoms. The first-order valence-corrected chi connectivity index (χ1v) is 9.05. The largest absolute Gasteiger partial charge is 0.487 e. The number of hydroxylamine groups is 2. The van der Waals surface area contributed by atoms with Crippen LogP contribution in [-0.4, -0.2) is 22.6 Å². The van der Waals surface area contributed by atoms with Crippen molar-refractivity contribution in [2.24, 2.45) is 4.99 Å². The van der Waals surface area contributed by atoms with Crippen LogP contribution in [0.25, 0.3) is 6.08 Å². The van der Waals surface area contributed by atoms with E-state index in [2.05, 4.69) is 4.99 Å². The molecule has 8 heteroatoms. The zero-order chi connectivity index (χ0) is 20.5. The first-order valence-electron chi connectivity index (χ1n) is 8.67. The highest BCUT2D eigenvalue weighted by molar-refractivity contribution is 6.33. The van der Waals surface area contributed by atoms with Gasteiger partial charge in [-0.25, -0.2) is 4.39 Å². The van der Waals surface area contributed by atoms with Crippen LogP contribution in [0.15, 0.2) is 64.9 Å². The molecular formula is C21H15ClFN3O3. The molecule has 0 radical (unpaired) electrons. The molecule has 1 N–H and O–H groups in total. The fraction of sp³-hybridized carbons (Fsp3) is 0.0952. The van der Waals surface area contributed by atoms with Crippen LogP contribution in [-0.2, 0) is 16.2 Å². The minimum Gasteiger partial charge on any atom is -0.487 e. The Labute approximate surface area is 171 Å². The number of carbonyl (C=O) groups is 1. The highest BCUT2D eigenvalue weighted by atomic mass is 35.5. The van der Waals surface area contributed by atoms with Crippen molar-refractivity contribution in [2.45, 2.75) is 13.5 Å². The molecule has 4 rings (SSSR count). The number of amidine groups is 2. The normalized spacial score (nSPS) is 17.1. The van der Waals surface area contributed by atoms with Crippen LogP contribution in [0.1, 0.15) is 18.1 Å². The van der Waals surface area contributed by atoms with Gasteiger partial charge in [-0.05, 0) is 48.4 Å². The van der Waals surface area contributed by atoms with Crippen molar-refractivity contribution in [2.75, 3.05) is 0 Å². The Bertz CT molecular complexity index is 1110. The quantitative estimate of drug-likeness (QED) is 0.751. The fourth-order valence-electron chi connectivity index (χ4n) is 2.83. The molecule has 2 heterocycles. The smallest absolute Gasteiger partial charge is 0.282 e. The van der Waals surface area contributed by atoms with E-state index in [0.29, 0.717) is 22.1 Å². The van der Waals surface area contributed by atoms with Gasteiger partial charge in [0.15, 0.2) is 11.7 Å². The van der Waals surface area contributed by atoms with Gasteiger partial charge in [0.05, 0.1) is 10.6 Å². The van der Waals surface area contributed by atoms with Crippen LogP contribution in [0.4, 0.5) is 4.39 Å². The van der Waals surface area contributed by atoms with E-state index in [1.807, 2.05) is 0 Å². The van der Waals surface area contributed by atoms with Crippen molar-refractivity contribution >= 4 is 35.3 Å². The number of halogens is 2. The lowest BCUT2D eigenvalue weighted by Gasteiger charge is -2.23. The highest BCUT2D eigenvalue weighted by Gasteiger charge is 2.34. The van der Waals surface area contributed by atoms with Gasteiger partial charge in [-0.2, -0.15) is 4.99 Å². The van der Waals surface area contributed by atoms with E-state index in [1.165, 1.54) is 23.3 Å². The molecule has 2 aliphatic heterocycles. The Hall–Kier alpha value is -3.45. The maximum atomic E-state index is 13.0. The number of hydrogen-bond donors (Lipinski definition) is 1. The van der Waals surface area contributed by atoms with Gasteiger partial charge in [-0.15, -0.1) is 5.06 Å². The average molecular weight is 412 g/mol. The number of aliphatic imine (C=N–C) groups is 1. The van der Waals surface area contributed by atoms with Crippen molar-refractivity contribution in [3.63, 3.8) is 0 Å². The van der Waals surface area contributed by atoms with Crippen LogP contribution in [0.2, 0.25) is 5.02 Å². The molecule has 0 saturated carbocycles. The van der Waals surface area contributed by atoms with Gasteiger partial charge in [-0.3, -0.25) is 10.2 Å². The Balaban J connectivity index is 1.51. The van der Waals surface area contributed by atoms with E-state index in [0.717, 1.165) is 5.56 Å². The maximum Gasteiger partial charge on any atom is 0.282 e. The molecule has 0 aliphatic carbocycles. The van der Waals surface area contributed by atoms with Crippen molar-refractivity contribution in [3.8, 4) is 5.75 Å². The van der Waals surface area contributed by atoms with Gasteiger partial charge in [-0.1, -0.05) is 29.8 Å². The van der Waals surface area contributed by atoms with E-state index >= 15 is 0 Å². The summed E-state index contributed by atoms with van der Waals surface area (Å²) >= 11 is 6.30. The third kappa shape index (κ3) is 3.90. The van der Waals surface area contributed by atoms with E-state index in [9.17, 15) is 9.18 Å². The number of benzene rings is 2. The van der Waals surface area contributed by atoms with E-state index in [1.54, 1.807) is 43.3 Å². The number of hydrogen-bond acceptors (Lipinski definition) is 4. The predicted molar refractivity (Wildman–Crippen MR) is 107 cm³/mol. The van der Waals surface area contributed by atoms with Crippen LogP contribution in [0.3, 0.4) is 0 Å². The molecule has 0 unspecified atom stereocenters. The van der Waals surface area contributed by atoms with Crippen molar-refractivity contribution in [1.29, 1.82) is 5.41 Å². The number of ether oxygens (including phenoxy) is 1. The van der Waals surface area contributed by atoms with Crippen LogP contribution < -0.4 is 4.74 Å². The molecule has 2 aromatic carbocycles. The highest BCUT2D eigenvalue weighted by Crippen LogP contribution is 2.29. The predicted octanol–water partition coefficient (Wildman–Crippen LogP) is 4.51. The van der Waals surface area contributed by atoms with Crippen molar-refractivity contribution < 1.29 is 18.8 Å². The van der Waals surface area contributed by atoms with Gasteiger partial charge in [0.1, 0.15) is 23.9 Å². The zero-order valence-electron chi connectivity index (χ0n) is 15.3. The molecular weight excluding hydrogens is 397 g/mol. The third-order valence-corrected chi connectivity index (χ3v) is 4.55. The summed E-state index contributed by atoms with van der Waals surface area (Å²) in [5, 5.41) is 9.77. The van der Waals surface area contributed by atoms with Crippen molar-refractivity contribution in [1.82, 2.24) is 5.06 Å². The molecule has 0 fully saturated rings. The second-order valence-electron chi connectivity index (χ2n) is 6.43. The third-order valence-electron chi connectivity index (χ3n) is 4.25. The second-order valence-corrected chi connectivity index (χ2v) is 6.83. The van der Waals surface area contributed by atoms with Gasteiger partial charge in [0.2, 0.25) is 0 Å². The van der Waals surface area contributed by atoms with Crippen molar-refractivity contribution in [3.05, 3.63) is 81.8 Å². The molecule has 0 spiro atoms. The molecule has 1 amide bonds. The summed E-state index contributed by atoms with van der Waals surface area (Å²) in [5.41, 5.74) is 1.51. The molecule has 2 aliphatic rings. The summed E-state index contributed by atoms with van der Waals surface area (Å²) in [6.45, 7) is 1.95. The van der Waals surface area contributed by atoms with Crippen LogP contribution >= 0.6 is 11.6 Å². The van der Waals surface area contributed by atoms with Gasteiger partial charge >= 0.3 is 0 Å². The van der Waals surface area contributed by atoms with Gasteiger partial charge in [0, 0.05) is 6.08 Å².